The largest absolute Gasteiger partial charge is 0.454 e. The second kappa shape index (κ2) is 58.9. The van der Waals surface area contributed by atoms with Crippen molar-refractivity contribution in [2.24, 2.45) is 0 Å². The molecule has 83 heavy (non-hydrogen) atoms. The van der Waals surface area contributed by atoms with Crippen LogP contribution in [0.1, 0.15) is 284 Å². The van der Waals surface area contributed by atoms with Crippen LogP contribution in [0.15, 0.2) is 97.2 Å². The van der Waals surface area contributed by atoms with Crippen molar-refractivity contribution in [2.45, 2.75) is 333 Å². The molecular formula is C72H125NO10. The summed E-state index contributed by atoms with van der Waals surface area (Å²) in [5.41, 5.74) is 0. The highest BCUT2D eigenvalue weighted by molar-refractivity contribution is 5.80. The summed E-state index contributed by atoms with van der Waals surface area (Å²) < 4.78 is 17.7. The minimum absolute atomic E-state index is 0.115. The molecule has 0 radical (unpaired) electrons. The zero-order valence-corrected chi connectivity index (χ0v) is 53.0. The first-order chi connectivity index (χ1) is 40.7. The van der Waals surface area contributed by atoms with E-state index in [-0.39, 0.29) is 19.4 Å². The SMILES string of the molecule is CC/C=C\C/C=C\C/C=C\C/C=C\C/C=C\CCCCC(O)C(=O)NC(COC1OC(CO)C(O)C(O)C1OC(=O)CCCCCCCCCCCCCCC/C=C\C/C=C\CCCCC)C(O)/C=C/CCCCCCCCCCCCC. The van der Waals surface area contributed by atoms with Crippen molar-refractivity contribution in [3.63, 3.8) is 0 Å². The first kappa shape index (κ1) is 77.6. The number of nitrogens with one attached hydrogen (secondary N) is 1. The van der Waals surface area contributed by atoms with E-state index in [1.165, 1.54) is 141 Å². The molecule has 0 spiro atoms. The van der Waals surface area contributed by atoms with Crippen molar-refractivity contribution in [3.05, 3.63) is 97.2 Å². The minimum atomic E-state index is -1.63. The molecule has 8 atom stereocenters. The Morgan fingerprint density at radius 1 is 0.482 bits per heavy atom. The second-order valence-electron chi connectivity index (χ2n) is 23.2. The van der Waals surface area contributed by atoms with Crippen LogP contribution in [0.4, 0.5) is 0 Å². The predicted octanol–water partition coefficient (Wildman–Crippen LogP) is 17.1. The number of rotatable bonds is 57. The van der Waals surface area contributed by atoms with Crippen molar-refractivity contribution in [1.82, 2.24) is 5.32 Å². The average Bonchev–Trinajstić information content (AvgIpc) is 3.54. The summed E-state index contributed by atoms with van der Waals surface area (Å²) >= 11 is 0. The van der Waals surface area contributed by atoms with Crippen LogP contribution in [-0.2, 0) is 23.8 Å². The molecule has 8 unspecified atom stereocenters. The van der Waals surface area contributed by atoms with Gasteiger partial charge < -0.3 is 45.1 Å². The molecule has 6 N–H and O–H groups in total. The minimum Gasteiger partial charge on any atom is -0.454 e. The van der Waals surface area contributed by atoms with Gasteiger partial charge >= 0.3 is 5.97 Å². The molecule has 1 rings (SSSR count). The van der Waals surface area contributed by atoms with E-state index in [2.05, 4.69) is 111 Å². The van der Waals surface area contributed by atoms with E-state index in [9.17, 15) is 35.1 Å². The lowest BCUT2D eigenvalue weighted by atomic mass is 9.99. The number of hydrogen-bond donors (Lipinski definition) is 6. The summed E-state index contributed by atoms with van der Waals surface area (Å²) in [7, 11) is 0. The third kappa shape index (κ3) is 46.5. The van der Waals surface area contributed by atoms with E-state index >= 15 is 0 Å². The van der Waals surface area contributed by atoms with Crippen molar-refractivity contribution >= 4 is 11.9 Å². The van der Waals surface area contributed by atoms with Gasteiger partial charge in [0.15, 0.2) is 12.4 Å². The van der Waals surface area contributed by atoms with Gasteiger partial charge in [-0.1, -0.05) is 272 Å². The molecule has 0 bridgehead atoms. The lowest BCUT2D eigenvalue weighted by Gasteiger charge is -2.41. The molecule has 1 aliphatic heterocycles. The van der Waals surface area contributed by atoms with E-state index in [0.717, 1.165) is 96.3 Å². The van der Waals surface area contributed by atoms with Gasteiger partial charge in [-0.15, -0.1) is 0 Å². The molecule has 0 saturated carbocycles. The van der Waals surface area contributed by atoms with Crippen LogP contribution in [0, 0.1) is 0 Å². The van der Waals surface area contributed by atoms with Crippen LogP contribution in [0.3, 0.4) is 0 Å². The van der Waals surface area contributed by atoms with Crippen LogP contribution in [0.5, 0.6) is 0 Å². The van der Waals surface area contributed by atoms with Gasteiger partial charge in [0.25, 0.3) is 0 Å². The molecular weight excluding hydrogens is 1040 g/mol. The molecule has 0 aromatic carbocycles. The predicted molar refractivity (Wildman–Crippen MR) is 347 cm³/mol. The molecule has 0 aromatic rings. The Morgan fingerprint density at radius 3 is 1.33 bits per heavy atom. The number of esters is 1. The Kier molecular flexibility index (Phi) is 55.1. The molecule has 478 valence electrons. The number of unbranched alkanes of at least 4 members (excludes halogenated alkanes) is 29. The maximum absolute atomic E-state index is 13.4. The van der Waals surface area contributed by atoms with Crippen molar-refractivity contribution in [1.29, 1.82) is 0 Å². The van der Waals surface area contributed by atoms with Crippen LogP contribution in [-0.4, -0.2) is 99.6 Å². The fourth-order valence-corrected chi connectivity index (χ4v) is 10.1. The second-order valence-corrected chi connectivity index (χ2v) is 23.2. The standard InChI is InChI=1S/C72H125NO10/c1-4-7-10-13-16-19-22-25-27-29-31-32-33-34-35-37-39-42-45-48-51-54-57-60-67(77)83-70-69(79)68(78)66(61-74)82-72(70)81-62-63(64(75)58-55-52-49-46-43-40-24-21-18-15-12-9-6-3)73-71(80)65(76)59-56-53-50-47-44-41-38-36-30-28-26-23-20-17-14-11-8-5-2/h8,11,16-17,19-20,25-28,36,38,44,47,55,58,63-66,68-70,72,74-76,78-79H,4-7,9-10,12-15,18,21-24,29-35,37,39-43,45-46,48-54,56-57,59-62H2,1-3H3,(H,73,80)/b11-8-,19-16-,20-17-,27-25-,28-26-,38-36-,47-44-,58-55+. The fourth-order valence-electron chi connectivity index (χ4n) is 10.1. The van der Waals surface area contributed by atoms with Gasteiger partial charge in [0.05, 0.1) is 25.4 Å². The Labute approximate surface area is 507 Å². The zero-order chi connectivity index (χ0) is 60.3. The molecule has 1 heterocycles. The molecule has 1 amide bonds. The maximum Gasteiger partial charge on any atom is 0.306 e. The topological polar surface area (TPSA) is 175 Å². The fraction of sp³-hybridized carbons (Fsp3) is 0.750. The third-order valence-electron chi connectivity index (χ3n) is 15.5. The number of hydrogen-bond acceptors (Lipinski definition) is 10. The van der Waals surface area contributed by atoms with Gasteiger partial charge in [-0.05, 0) is 103 Å². The van der Waals surface area contributed by atoms with Gasteiger partial charge in [-0.2, -0.15) is 0 Å². The molecule has 1 aliphatic rings. The first-order valence-electron chi connectivity index (χ1n) is 34.0. The van der Waals surface area contributed by atoms with E-state index in [1.54, 1.807) is 6.08 Å². The van der Waals surface area contributed by atoms with E-state index in [1.807, 2.05) is 6.08 Å². The zero-order valence-electron chi connectivity index (χ0n) is 53.0. The summed E-state index contributed by atoms with van der Waals surface area (Å²) in [5.74, 6) is -1.23. The van der Waals surface area contributed by atoms with Crippen molar-refractivity contribution in [2.75, 3.05) is 13.2 Å². The van der Waals surface area contributed by atoms with Gasteiger partial charge in [-0.3, -0.25) is 9.59 Å². The Hall–Kier alpha value is -3.42. The lowest BCUT2D eigenvalue weighted by molar-refractivity contribution is -0.305. The van der Waals surface area contributed by atoms with Crippen LogP contribution in [0.2, 0.25) is 0 Å². The highest BCUT2D eigenvalue weighted by Crippen LogP contribution is 2.26. The van der Waals surface area contributed by atoms with Gasteiger partial charge in [-0.25, -0.2) is 0 Å². The molecule has 1 fully saturated rings. The van der Waals surface area contributed by atoms with E-state index in [0.29, 0.717) is 12.8 Å². The number of aliphatic hydroxyl groups excluding tert-OH is 5. The van der Waals surface area contributed by atoms with Gasteiger partial charge in [0, 0.05) is 6.42 Å². The summed E-state index contributed by atoms with van der Waals surface area (Å²) in [6.07, 6.45) is 68.7. The van der Waals surface area contributed by atoms with E-state index < -0.39 is 67.4 Å². The summed E-state index contributed by atoms with van der Waals surface area (Å²) in [6.45, 7) is 5.65. The number of allylic oxidation sites excluding steroid dienone is 15. The number of ether oxygens (including phenoxy) is 3. The summed E-state index contributed by atoms with van der Waals surface area (Å²) in [5, 5.41) is 57.1. The summed E-state index contributed by atoms with van der Waals surface area (Å²) in [4.78, 5) is 26.6. The number of aliphatic hydroxyl groups is 5. The molecule has 0 aromatic heterocycles. The van der Waals surface area contributed by atoms with Crippen LogP contribution >= 0.6 is 0 Å². The normalized spacial score (nSPS) is 19.2. The van der Waals surface area contributed by atoms with E-state index in [4.69, 9.17) is 14.2 Å². The molecule has 11 nitrogen and oxygen atoms in total. The number of amides is 1. The summed E-state index contributed by atoms with van der Waals surface area (Å²) in [6, 6.07) is -1.05. The van der Waals surface area contributed by atoms with Crippen LogP contribution in [0.25, 0.3) is 0 Å². The Balaban J connectivity index is 2.64. The molecule has 0 aliphatic carbocycles. The quantitative estimate of drug-likeness (QED) is 0.0195. The molecule has 1 saturated heterocycles. The smallest absolute Gasteiger partial charge is 0.306 e. The number of carbonyl (C=O) groups excluding carboxylic acids is 2. The molecule has 11 heteroatoms. The number of carbonyl (C=O) groups is 2. The monoisotopic (exact) mass is 1160 g/mol. The van der Waals surface area contributed by atoms with Crippen molar-refractivity contribution < 1.29 is 49.3 Å². The average molecular weight is 1160 g/mol. The van der Waals surface area contributed by atoms with Gasteiger partial charge in [0.2, 0.25) is 5.91 Å². The third-order valence-corrected chi connectivity index (χ3v) is 15.5. The highest BCUT2D eigenvalue weighted by Gasteiger charge is 2.47. The van der Waals surface area contributed by atoms with Crippen molar-refractivity contribution in [3.8, 4) is 0 Å². The highest BCUT2D eigenvalue weighted by atomic mass is 16.7. The van der Waals surface area contributed by atoms with Crippen LogP contribution < -0.4 is 5.32 Å². The Bertz CT molecular complexity index is 1720. The Morgan fingerprint density at radius 2 is 0.867 bits per heavy atom. The maximum atomic E-state index is 13.4. The van der Waals surface area contributed by atoms with Gasteiger partial charge in [0.1, 0.15) is 24.4 Å². The lowest BCUT2D eigenvalue weighted by Crippen LogP contribution is -2.61. The first-order valence-corrected chi connectivity index (χ1v) is 34.0.